The Balaban J connectivity index is 0.000000392. The molecular formula is C42H48N4O4S. The zero-order chi connectivity index (χ0) is 35.8. The standard InChI is InChI=1S/C35H35NO4.C7H13N3S/c37-26-36(23-27-16-18-31(19-17-27)30-14-8-3-9-15-30)32-20-21-33(35(38)40-25-29-12-6-2-7-13-29)34(22-32)39-24-28-10-4-1-5-11-28;1-4-10(3)11-7-5-9(2)6-8-7/h1-2,4-7,10-13,16-22,26,30H,3,8-9,14-15,23-25H2;5-6H,4H2,1-3H3. The molecule has 0 atom stereocenters. The molecule has 1 aromatic heterocycles. The summed E-state index contributed by atoms with van der Waals surface area (Å²) in [5.41, 5.74) is 5.27. The second-order valence-electron chi connectivity index (χ2n) is 12.7. The third-order valence-corrected chi connectivity index (χ3v) is 9.85. The van der Waals surface area contributed by atoms with Gasteiger partial charge in [-0.3, -0.25) is 4.79 Å². The highest BCUT2D eigenvalue weighted by Gasteiger charge is 2.19. The zero-order valence-corrected chi connectivity index (χ0v) is 30.6. The Kier molecular flexibility index (Phi) is 14.3. The lowest BCUT2D eigenvalue weighted by Gasteiger charge is -2.23. The number of nitrogens with zero attached hydrogens (tertiary/aromatic N) is 4. The van der Waals surface area contributed by atoms with E-state index < -0.39 is 5.97 Å². The maximum atomic E-state index is 13.1. The number of anilines is 1. The van der Waals surface area contributed by atoms with Gasteiger partial charge in [-0.05, 0) is 72.1 Å². The summed E-state index contributed by atoms with van der Waals surface area (Å²) >= 11 is 1.67. The van der Waals surface area contributed by atoms with Crippen molar-refractivity contribution < 1.29 is 19.1 Å². The highest BCUT2D eigenvalue weighted by Crippen LogP contribution is 2.33. The molecule has 0 unspecified atom stereocenters. The van der Waals surface area contributed by atoms with Crippen LogP contribution in [0.5, 0.6) is 5.75 Å². The average molecular weight is 705 g/mol. The van der Waals surface area contributed by atoms with E-state index >= 15 is 0 Å². The molecular weight excluding hydrogens is 657 g/mol. The molecule has 0 bridgehead atoms. The first-order chi connectivity index (χ1) is 24.9. The number of esters is 1. The van der Waals surface area contributed by atoms with Gasteiger partial charge < -0.3 is 18.9 Å². The second kappa shape index (κ2) is 19.5. The van der Waals surface area contributed by atoms with Crippen molar-refractivity contribution in [3.63, 3.8) is 0 Å². The lowest BCUT2D eigenvalue weighted by Crippen LogP contribution is -2.21. The molecule has 1 fully saturated rings. The van der Waals surface area contributed by atoms with Gasteiger partial charge in [0.05, 0.1) is 12.9 Å². The molecule has 266 valence electrons. The molecule has 5 aromatic rings. The maximum absolute atomic E-state index is 13.1. The lowest BCUT2D eigenvalue weighted by molar-refractivity contribution is -0.107. The Morgan fingerprint density at radius 2 is 1.55 bits per heavy atom. The normalized spacial score (nSPS) is 12.9. The van der Waals surface area contributed by atoms with Gasteiger partial charge in [-0.25, -0.2) is 14.1 Å². The van der Waals surface area contributed by atoms with Crippen molar-refractivity contribution in [1.29, 1.82) is 0 Å². The van der Waals surface area contributed by atoms with Crippen LogP contribution in [0.3, 0.4) is 0 Å². The summed E-state index contributed by atoms with van der Waals surface area (Å²) in [4.78, 5) is 31.1. The number of aryl methyl sites for hydroxylation is 1. The Morgan fingerprint density at radius 1 is 0.882 bits per heavy atom. The molecule has 1 heterocycles. The number of carbonyl (C=O) groups is 2. The van der Waals surface area contributed by atoms with Crippen LogP contribution < -0.4 is 9.64 Å². The van der Waals surface area contributed by atoms with Crippen molar-refractivity contribution in [1.82, 2.24) is 13.9 Å². The molecule has 51 heavy (non-hydrogen) atoms. The van der Waals surface area contributed by atoms with Crippen molar-refractivity contribution >= 4 is 30.0 Å². The molecule has 0 aliphatic heterocycles. The van der Waals surface area contributed by atoms with Crippen molar-refractivity contribution in [3.8, 4) is 5.75 Å². The smallest absolute Gasteiger partial charge is 0.342 e. The summed E-state index contributed by atoms with van der Waals surface area (Å²) < 4.78 is 15.8. The summed E-state index contributed by atoms with van der Waals surface area (Å²) in [5, 5.41) is 1.05. The fourth-order valence-corrected chi connectivity index (χ4v) is 6.65. The molecule has 0 radical (unpaired) electrons. The minimum absolute atomic E-state index is 0.164. The molecule has 6 rings (SSSR count). The van der Waals surface area contributed by atoms with E-state index in [1.165, 1.54) is 37.7 Å². The molecule has 8 nitrogen and oxygen atoms in total. The minimum Gasteiger partial charge on any atom is -0.488 e. The zero-order valence-electron chi connectivity index (χ0n) is 29.8. The third kappa shape index (κ3) is 11.6. The number of aromatic nitrogens is 2. The van der Waals surface area contributed by atoms with E-state index in [4.69, 9.17) is 9.47 Å². The van der Waals surface area contributed by atoms with Gasteiger partial charge in [-0.1, -0.05) is 111 Å². The Bertz CT molecular complexity index is 1790. The predicted octanol–water partition coefficient (Wildman–Crippen LogP) is 9.21. The van der Waals surface area contributed by atoms with Crippen LogP contribution in [0.4, 0.5) is 5.69 Å². The quantitative estimate of drug-likeness (QED) is 0.0648. The van der Waals surface area contributed by atoms with E-state index in [9.17, 15) is 9.59 Å². The van der Waals surface area contributed by atoms with Crippen LogP contribution in [0.2, 0.25) is 0 Å². The van der Waals surface area contributed by atoms with Crippen molar-refractivity contribution in [2.45, 2.75) is 69.7 Å². The number of imidazole rings is 1. The van der Waals surface area contributed by atoms with E-state index in [0.29, 0.717) is 29.5 Å². The van der Waals surface area contributed by atoms with Crippen LogP contribution in [0.15, 0.2) is 121 Å². The third-order valence-electron chi connectivity index (χ3n) is 8.88. The largest absolute Gasteiger partial charge is 0.488 e. The number of hydrogen-bond acceptors (Lipinski definition) is 7. The molecule has 1 aliphatic rings. The van der Waals surface area contributed by atoms with Crippen LogP contribution >= 0.6 is 11.9 Å². The van der Waals surface area contributed by atoms with E-state index in [0.717, 1.165) is 34.7 Å². The summed E-state index contributed by atoms with van der Waals surface area (Å²) in [6, 6.07) is 33.1. The van der Waals surface area contributed by atoms with Crippen molar-refractivity contribution in [2.24, 2.45) is 7.05 Å². The van der Waals surface area contributed by atoms with E-state index in [1.54, 1.807) is 35.0 Å². The molecule has 0 N–H and O–H groups in total. The topological polar surface area (TPSA) is 76.9 Å². The predicted molar refractivity (Wildman–Crippen MR) is 205 cm³/mol. The van der Waals surface area contributed by atoms with Crippen molar-refractivity contribution in [2.75, 3.05) is 18.5 Å². The molecule has 1 aliphatic carbocycles. The summed E-state index contributed by atoms with van der Waals surface area (Å²) in [6.45, 7) is 4.02. The van der Waals surface area contributed by atoms with Crippen LogP contribution in [-0.2, 0) is 36.3 Å². The van der Waals surface area contributed by atoms with Gasteiger partial charge in [0, 0.05) is 31.5 Å². The first kappa shape index (κ1) is 37.4. The van der Waals surface area contributed by atoms with Crippen LogP contribution in [0.1, 0.15) is 77.6 Å². The lowest BCUT2D eigenvalue weighted by atomic mass is 9.84. The second-order valence-corrected chi connectivity index (χ2v) is 14.0. The fourth-order valence-electron chi connectivity index (χ4n) is 5.89. The van der Waals surface area contributed by atoms with Crippen LogP contribution in [0.25, 0.3) is 0 Å². The first-order valence-corrected chi connectivity index (χ1v) is 18.4. The summed E-state index contributed by atoms with van der Waals surface area (Å²) in [6.07, 6.45) is 11.1. The molecule has 0 spiro atoms. The molecule has 4 aromatic carbocycles. The number of rotatable bonds is 14. The van der Waals surface area contributed by atoms with E-state index in [1.807, 2.05) is 84.8 Å². The summed E-state index contributed by atoms with van der Waals surface area (Å²) in [5.74, 6) is 0.539. The van der Waals surface area contributed by atoms with Gasteiger partial charge in [0.15, 0.2) is 0 Å². The van der Waals surface area contributed by atoms with Gasteiger partial charge in [-0.15, -0.1) is 0 Å². The average Bonchev–Trinajstić information content (AvgIpc) is 3.60. The van der Waals surface area contributed by atoms with E-state index in [2.05, 4.69) is 47.5 Å². The van der Waals surface area contributed by atoms with Gasteiger partial charge in [0.1, 0.15) is 29.6 Å². The Labute approximate surface area is 306 Å². The summed E-state index contributed by atoms with van der Waals surface area (Å²) in [7, 11) is 4.03. The van der Waals surface area contributed by atoms with Crippen LogP contribution in [-0.4, -0.2) is 39.8 Å². The number of carbonyl (C=O) groups excluding carboxylic acids is 2. The molecule has 0 saturated heterocycles. The van der Waals surface area contributed by atoms with Crippen LogP contribution in [0, 0.1) is 0 Å². The molecule has 1 amide bonds. The number of amides is 1. The Hall–Kier alpha value is -4.86. The van der Waals surface area contributed by atoms with Gasteiger partial charge >= 0.3 is 5.97 Å². The molecule has 9 heteroatoms. The monoisotopic (exact) mass is 704 g/mol. The number of ether oxygens (including phenoxy) is 2. The maximum Gasteiger partial charge on any atom is 0.342 e. The fraction of sp³-hybridized carbons (Fsp3) is 0.310. The molecule has 1 saturated carbocycles. The van der Waals surface area contributed by atoms with Crippen molar-refractivity contribution in [3.05, 3.63) is 143 Å². The number of hydrogen-bond donors (Lipinski definition) is 0. The van der Waals surface area contributed by atoms with Gasteiger partial charge in [0.2, 0.25) is 6.41 Å². The highest BCUT2D eigenvalue weighted by atomic mass is 32.2. The minimum atomic E-state index is -0.477. The van der Waals surface area contributed by atoms with Gasteiger partial charge in [-0.2, -0.15) is 0 Å². The highest BCUT2D eigenvalue weighted by molar-refractivity contribution is 7.96. The SMILES string of the molecule is CCN(C)Sc1cn(C)cn1.O=CN(Cc1ccc(C2CCCCC2)cc1)c1ccc(C(=O)OCc2ccccc2)c(OCc2ccccc2)c1. The first-order valence-electron chi connectivity index (χ1n) is 17.6. The Morgan fingerprint density at radius 3 is 2.16 bits per heavy atom. The van der Waals surface area contributed by atoms with Gasteiger partial charge in [0.25, 0.3) is 0 Å². The number of benzene rings is 4. The van der Waals surface area contributed by atoms with E-state index in [-0.39, 0.29) is 13.2 Å².